The number of anilines is 2. The Morgan fingerprint density at radius 2 is 1.76 bits per heavy atom. The minimum absolute atomic E-state index is 0. The number of hydrogen-bond donors (Lipinski definition) is 1. The largest absolute Gasteiger partial charge is 0.494 e. The Morgan fingerprint density at radius 1 is 1.05 bits per heavy atom. The first-order valence-corrected chi connectivity index (χ1v) is 13.4. The Hall–Kier alpha value is -4.68. The Kier molecular flexibility index (Phi) is 8.31. The van der Waals surface area contributed by atoms with Crippen LogP contribution in [-0.2, 0) is 4.79 Å². The van der Waals surface area contributed by atoms with Crippen LogP contribution in [0.1, 0.15) is 26.4 Å². The van der Waals surface area contributed by atoms with Crippen molar-refractivity contribution in [2.45, 2.75) is 26.2 Å². The second-order valence-corrected chi connectivity index (χ2v) is 9.80. The Morgan fingerprint density at radius 3 is 2.34 bits per heavy atom. The van der Waals surface area contributed by atoms with Crippen LogP contribution < -0.4 is 20.1 Å². The van der Waals surface area contributed by atoms with E-state index < -0.39 is 5.82 Å². The zero-order valence-corrected chi connectivity index (χ0v) is 23.3. The average molecular weight is 567 g/mol. The summed E-state index contributed by atoms with van der Waals surface area (Å²) in [4.78, 5) is 24.1. The highest BCUT2D eigenvalue weighted by Crippen LogP contribution is 2.37. The van der Waals surface area contributed by atoms with E-state index in [9.17, 15) is 9.18 Å². The summed E-state index contributed by atoms with van der Waals surface area (Å²) in [6.07, 6.45) is 5.33. The second-order valence-electron chi connectivity index (χ2n) is 9.80. The molecule has 5 heterocycles. The van der Waals surface area contributed by atoms with E-state index in [4.69, 9.17) is 19.6 Å². The van der Waals surface area contributed by atoms with Gasteiger partial charge in [-0.2, -0.15) is 0 Å². The Bertz CT molecular complexity index is 1470. The summed E-state index contributed by atoms with van der Waals surface area (Å²) in [7, 11) is 3.16. The van der Waals surface area contributed by atoms with Gasteiger partial charge in [-0.05, 0) is 50.5 Å². The van der Waals surface area contributed by atoms with Crippen LogP contribution in [0.4, 0.5) is 16.3 Å². The average Bonchev–Trinajstić information content (AvgIpc) is 3.57. The van der Waals surface area contributed by atoms with Crippen LogP contribution in [0.3, 0.4) is 0 Å². The number of amides is 1. The highest BCUT2D eigenvalue weighted by molar-refractivity contribution is 5.80. The van der Waals surface area contributed by atoms with Crippen molar-refractivity contribution in [1.29, 1.82) is 0 Å². The molecule has 1 aromatic carbocycles. The van der Waals surface area contributed by atoms with E-state index in [2.05, 4.69) is 20.2 Å². The number of ether oxygens (including phenoxy) is 2. The molecule has 2 saturated heterocycles. The Balaban J connectivity index is 0.000000190. The first kappa shape index (κ1) is 27.9. The molecule has 2 N–H and O–H groups in total. The summed E-state index contributed by atoms with van der Waals surface area (Å²) in [5, 5.41) is 8.06. The lowest BCUT2D eigenvalue weighted by molar-refractivity contribution is -0.139. The van der Waals surface area contributed by atoms with Crippen molar-refractivity contribution in [3.63, 3.8) is 0 Å². The number of benzene rings is 1. The predicted molar refractivity (Wildman–Crippen MR) is 152 cm³/mol. The lowest BCUT2D eigenvalue weighted by Crippen LogP contribution is -2.49. The number of nitrogen functional groups attached to an aromatic ring is 1. The summed E-state index contributed by atoms with van der Waals surface area (Å²) in [6, 6.07) is 9.13. The molecule has 2 aliphatic rings. The van der Waals surface area contributed by atoms with E-state index in [0.29, 0.717) is 41.3 Å². The molecule has 3 aromatic heterocycles. The molecule has 1 amide bonds. The van der Waals surface area contributed by atoms with E-state index in [0.717, 1.165) is 44.7 Å². The van der Waals surface area contributed by atoms with Gasteiger partial charge in [0.2, 0.25) is 23.6 Å². The standard InChI is InChI=1S/C15H16N4O3.C13H17FN4O.H2/c1-9-7-8-12(22-9)14-17-18-15(16)19(14)13-10(20-2)5-4-6-11(13)21-3;14-11-7-15-13(16-8-11)18-4-1-3-10(9-18)12(19)17-5-2-6-17;/h4-8H,1-3H3,(H2,16,18);7-8,10H,1-6,9H2;1H/t;10-;/m.1./s1. The first-order chi connectivity index (χ1) is 19.9. The number of furan rings is 1. The molecule has 0 spiro atoms. The number of rotatable bonds is 6. The van der Waals surface area contributed by atoms with Crippen LogP contribution >= 0.6 is 0 Å². The summed E-state index contributed by atoms with van der Waals surface area (Å²) >= 11 is 0. The van der Waals surface area contributed by atoms with E-state index in [1.807, 2.05) is 47.1 Å². The predicted octanol–water partition coefficient (Wildman–Crippen LogP) is 3.75. The van der Waals surface area contributed by atoms with Crippen LogP contribution in [0.5, 0.6) is 11.5 Å². The number of carbonyl (C=O) groups is 1. The summed E-state index contributed by atoms with van der Waals surface area (Å²) in [5.41, 5.74) is 6.63. The fourth-order valence-corrected chi connectivity index (χ4v) is 4.91. The Labute approximate surface area is 238 Å². The number of hydrogen-bond acceptors (Lipinski definition) is 10. The number of nitrogens with two attached hydrogens (primary N) is 1. The molecule has 0 saturated carbocycles. The van der Waals surface area contributed by atoms with Gasteiger partial charge in [-0.25, -0.2) is 14.4 Å². The maximum absolute atomic E-state index is 12.8. The summed E-state index contributed by atoms with van der Waals surface area (Å²) in [5.74, 6) is 3.58. The zero-order chi connectivity index (χ0) is 28.9. The molecular weight excluding hydrogens is 531 g/mol. The van der Waals surface area contributed by atoms with Crippen molar-refractivity contribution >= 4 is 17.8 Å². The van der Waals surface area contributed by atoms with Crippen molar-refractivity contribution in [2.75, 3.05) is 51.0 Å². The van der Waals surface area contributed by atoms with Gasteiger partial charge >= 0.3 is 0 Å². The molecule has 41 heavy (non-hydrogen) atoms. The lowest BCUT2D eigenvalue weighted by Gasteiger charge is -2.38. The topological polar surface area (TPSA) is 138 Å². The highest BCUT2D eigenvalue weighted by atomic mass is 19.1. The zero-order valence-electron chi connectivity index (χ0n) is 23.3. The highest BCUT2D eigenvalue weighted by Gasteiger charge is 2.32. The number of piperidine rings is 1. The molecule has 1 atom stereocenters. The van der Waals surface area contributed by atoms with E-state index in [-0.39, 0.29) is 19.2 Å². The molecule has 2 fully saturated rings. The molecule has 2 aliphatic heterocycles. The molecule has 0 unspecified atom stereocenters. The van der Waals surface area contributed by atoms with Crippen molar-refractivity contribution in [2.24, 2.45) is 5.92 Å². The maximum atomic E-state index is 12.8. The van der Waals surface area contributed by atoms with Gasteiger partial charge < -0.3 is 29.4 Å². The van der Waals surface area contributed by atoms with Crippen molar-refractivity contribution in [3.05, 3.63) is 54.3 Å². The molecule has 13 heteroatoms. The van der Waals surface area contributed by atoms with Gasteiger partial charge in [-0.3, -0.25) is 9.36 Å². The van der Waals surface area contributed by atoms with Gasteiger partial charge in [0.15, 0.2) is 11.6 Å². The third-order valence-electron chi connectivity index (χ3n) is 7.10. The lowest BCUT2D eigenvalue weighted by atomic mass is 9.95. The number of carbonyl (C=O) groups excluding carboxylic acids is 1. The van der Waals surface area contributed by atoms with Crippen LogP contribution in [-0.4, -0.2) is 75.9 Å². The van der Waals surface area contributed by atoms with Crippen LogP contribution in [0.15, 0.2) is 47.1 Å². The number of nitrogens with zero attached hydrogens (tertiary/aromatic N) is 7. The molecule has 0 radical (unpaired) electrons. The molecule has 6 rings (SSSR count). The monoisotopic (exact) mass is 566 g/mol. The fourth-order valence-electron chi connectivity index (χ4n) is 4.91. The van der Waals surface area contributed by atoms with Gasteiger partial charge in [0.1, 0.15) is 22.9 Å². The maximum Gasteiger partial charge on any atom is 0.227 e. The number of aryl methyl sites for hydroxylation is 1. The van der Waals surface area contributed by atoms with Gasteiger partial charge in [0.25, 0.3) is 0 Å². The van der Waals surface area contributed by atoms with Gasteiger partial charge in [0, 0.05) is 27.6 Å². The van der Waals surface area contributed by atoms with Gasteiger partial charge in [-0.15, -0.1) is 10.2 Å². The van der Waals surface area contributed by atoms with Crippen LogP contribution in [0.2, 0.25) is 0 Å². The van der Waals surface area contributed by atoms with Gasteiger partial charge in [0.05, 0.1) is 32.5 Å². The van der Waals surface area contributed by atoms with Crippen molar-refractivity contribution < 1.29 is 24.5 Å². The third kappa shape index (κ3) is 5.93. The minimum atomic E-state index is -0.436. The summed E-state index contributed by atoms with van der Waals surface area (Å²) < 4.78 is 30.9. The van der Waals surface area contributed by atoms with Crippen LogP contribution in [0, 0.1) is 18.7 Å². The number of para-hydroxylation sites is 1. The fraction of sp³-hybridized carbons (Fsp3) is 0.393. The summed E-state index contributed by atoms with van der Waals surface area (Å²) in [6.45, 7) is 5.11. The van der Waals surface area contributed by atoms with Crippen LogP contribution in [0.25, 0.3) is 17.3 Å². The number of likely N-dealkylation sites (tertiary alicyclic amines) is 1. The third-order valence-corrected chi connectivity index (χ3v) is 7.10. The van der Waals surface area contributed by atoms with Gasteiger partial charge in [-0.1, -0.05) is 6.07 Å². The minimum Gasteiger partial charge on any atom is -0.494 e. The number of methoxy groups -OCH3 is 2. The molecule has 0 bridgehead atoms. The molecule has 12 nitrogen and oxygen atoms in total. The first-order valence-electron chi connectivity index (χ1n) is 13.4. The molecule has 218 valence electrons. The van der Waals surface area contributed by atoms with E-state index >= 15 is 0 Å². The van der Waals surface area contributed by atoms with Crippen molar-refractivity contribution in [1.82, 2.24) is 29.6 Å². The SMILES string of the molecule is COc1cccc(OC)c1-n1c(N)nnc1-c1ccc(C)o1.O=C([C@@H]1CCCN(c2ncc(F)cn2)C1)N1CCC1.[HH]. The molecule has 0 aliphatic carbocycles. The quantitative estimate of drug-likeness (QED) is 0.367. The normalized spacial score (nSPS) is 16.4. The second kappa shape index (κ2) is 12.2. The van der Waals surface area contributed by atoms with Crippen molar-refractivity contribution in [3.8, 4) is 28.8 Å². The molecule has 4 aromatic rings. The number of aromatic nitrogens is 5. The van der Waals surface area contributed by atoms with E-state index in [1.165, 1.54) is 12.4 Å². The molecular formula is C28H35FN8O4. The smallest absolute Gasteiger partial charge is 0.227 e. The van der Waals surface area contributed by atoms with E-state index in [1.54, 1.807) is 18.8 Å². The number of halogens is 1.